The van der Waals surface area contributed by atoms with E-state index in [9.17, 15) is 0 Å². The molecule has 0 radical (unpaired) electrons. The molecule has 0 aromatic carbocycles. The van der Waals surface area contributed by atoms with E-state index < -0.39 is 0 Å². The van der Waals surface area contributed by atoms with E-state index in [2.05, 4.69) is 0 Å². The number of hydrogen-bond donors (Lipinski definition) is 1. The topological polar surface area (TPSA) is 38.7 Å². The van der Waals surface area contributed by atoms with Crippen LogP contribution >= 0.6 is 0 Å². The Morgan fingerprint density at radius 3 is 2.60 bits per heavy atom. The Morgan fingerprint density at radius 1 is 1.50 bits per heavy atom. The van der Waals surface area contributed by atoms with Gasteiger partial charge in [0.2, 0.25) is 0 Å². The molecule has 0 amide bonds. The first kappa shape index (κ1) is 7.98. The maximum absolute atomic E-state index is 8.94. The number of ether oxygens (including phenoxy) is 2. The third-order valence-corrected chi connectivity index (χ3v) is 1.43. The summed E-state index contributed by atoms with van der Waals surface area (Å²) in [6.45, 7) is 3.26. The Morgan fingerprint density at radius 2 is 2.10 bits per heavy atom. The Kier molecular flexibility index (Phi) is 3.12. The maximum Gasteiger partial charge on any atom is 0.160 e. The minimum atomic E-state index is -0.330. The molecule has 0 bridgehead atoms. The van der Waals surface area contributed by atoms with Gasteiger partial charge in [-0.15, -0.1) is 0 Å². The minimum absolute atomic E-state index is 0.172. The van der Waals surface area contributed by atoms with E-state index in [-0.39, 0.29) is 12.4 Å². The molecule has 3 nitrogen and oxygen atoms in total. The van der Waals surface area contributed by atoms with Gasteiger partial charge >= 0.3 is 0 Å². The number of aliphatic hydroxyl groups is 1. The highest BCUT2D eigenvalue weighted by atomic mass is 16.7. The smallest absolute Gasteiger partial charge is 0.160 e. The Balaban J connectivity index is 2.13. The van der Waals surface area contributed by atoms with Crippen molar-refractivity contribution < 1.29 is 14.6 Å². The lowest BCUT2D eigenvalue weighted by atomic mass is 10.3. The molecular formula is C7H14O3. The van der Waals surface area contributed by atoms with Crippen LogP contribution in [0.25, 0.3) is 0 Å². The molecule has 1 atom stereocenters. The molecule has 0 unspecified atom stereocenters. The predicted octanol–water partition coefficient (Wildman–Crippen LogP) is 0.520. The molecule has 1 rings (SSSR count). The lowest BCUT2D eigenvalue weighted by Gasteiger charge is -2.23. The summed E-state index contributed by atoms with van der Waals surface area (Å²) >= 11 is 0. The first-order valence-corrected chi connectivity index (χ1v) is 3.70. The van der Waals surface area contributed by atoms with Gasteiger partial charge in [-0.05, 0) is 13.3 Å². The summed E-state index contributed by atoms with van der Waals surface area (Å²) in [6.07, 6.45) is 1.05. The van der Waals surface area contributed by atoms with Crippen LogP contribution in [0, 0.1) is 0 Å². The third kappa shape index (κ3) is 2.64. The van der Waals surface area contributed by atoms with Crippen molar-refractivity contribution in [1.29, 1.82) is 0 Å². The van der Waals surface area contributed by atoms with E-state index in [1.165, 1.54) is 0 Å². The van der Waals surface area contributed by atoms with E-state index in [1.807, 2.05) is 0 Å². The second-order valence-electron chi connectivity index (χ2n) is 2.61. The van der Waals surface area contributed by atoms with Crippen LogP contribution < -0.4 is 0 Å². The molecule has 10 heavy (non-hydrogen) atoms. The van der Waals surface area contributed by atoms with E-state index in [4.69, 9.17) is 14.6 Å². The van der Waals surface area contributed by atoms with Crippen LogP contribution in [0.2, 0.25) is 0 Å². The van der Waals surface area contributed by atoms with Crippen molar-refractivity contribution >= 4 is 0 Å². The van der Waals surface area contributed by atoms with Gasteiger partial charge in [-0.2, -0.15) is 0 Å². The zero-order valence-corrected chi connectivity index (χ0v) is 6.25. The van der Waals surface area contributed by atoms with Crippen LogP contribution in [0.4, 0.5) is 0 Å². The van der Waals surface area contributed by atoms with E-state index in [0.29, 0.717) is 6.42 Å². The van der Waals surface area contributed by atoms with Crippen LogP contribution in [-0.4, -0.2) is 30.7 Å². The van der Waals surface area contributed by atoms with Crippen LogP contribution in [-0.2, 0) is 9.47 Å². The van der Waals surface area contributed by atoms with E-state index in [1.54, 1.807) is 6.92 Å². The summed E-state index contributed by atoms with van der Waals surface area (Å²) < 4.78 is 10.4. The van der Waals surface area contributed by atoms with Crippen molar-refractivity contribution in [3.8, 4) is 0 Å². The van der Waals surface area contributed by atoms with Crippen molar-refractivity contribution in [2.45, 2.75) is 32.2 Å². The molecule has 1 N–H and O–H groups in total. The molecule has 0 spiro atoms. The van der Waals surface area contributed by atoms with Gasteiger partial charge in [-0.3, -0.25) is 0 Å². The van der Waals surface area contributed by atoms with E-state index in [0.717, 1.165) is 19.6 Å². The summed E-state index contributed by atoms with van der Waals surface area (Å²) in [4.78, 5) is 0. The second-order valence-corrected chi connectivity index (χ2v) is 2.61. The number of hydrogen-bond acceptors (Lipinski definition) is 3. The SMILES string of the molecule is C[C@H](O)CC1OCCCO1. The second kappa shape index (κ2) is 3.91. The standard InChI is InChI=1S/C7H14O3/c1-6(8)5-7-9-3-2-4-10-7/h6-8H,2-5H2,1H3/t6-/m0/s1. The molecule has 1 fully saturated rings. The van der Waals surface area contributed by atoms with Gasteiger partial charge in [0, 0.05) is 6.42 Å². The molecule has 0 saturated carbocycles. The van der Waals surface area contributed by atoms with Gasteiger partial charge in [0.25, 0.3) is 0 Å². The quantitative estimate of drug-likeness (QED) is 0.617. The zero-order valence-electron chi connectivity index (χ0n) is 6.25. The monoisotopic (exact) mass is 146 g/mol. The average Bonchev–Trinajstić information content (AvgIpc) is 1.88. The first-order chi connectivity index (χ1) is 4.79. The summed E-state index contributed by atoms with van der Waals surface area (Å²) in [6, 6.07) is 0. The Bertz CT molecular complexity index is 86.9. The van der Waals surface area contributed by atoms with Gasteiger partial charge in [0.15, 0.2) is 6.29 Å². The fourth-order valence-corrected chi connectivity index (χ4v) is 0.951. The normalized spacial score (nSPS) is 24.6. The fourth-order valence-electron chi connectivity index (χ4n) is 0.951. The van der Waals surface area contributed by atoms with Gasteiger partial charge in [0.1, 0.15) is 0 Å². The van der Waals surface area contributed by atoms with Gasteiger partial charge in [-0.25, -0.2) is 0 Å². The minimum Gasteiger partial charge on any atom is -0.393 e. The number of aliphatic hydroxyl groups excluding tert-OH is 1. The van der Waals surface area contributed by atoms with Gasteiger partial charge in [0.05, 0.1) is 19.3 Å². The van der Waals surface area contributed by atoms with Crippen LogP contribution in [0.1, 0.15) is 19.8 Å². The zero-order chi connectivity index (χ0) is 7.40. The highest BCUT2D eigenvalue weighted by Gasteiger charge is 2.15. The molecule has 1 heterocycles. The van der Waals surface area contributed by atoms with Crippen LogP contribution in [0.5, 0.6) is 0 Å². The molecule has 0 aromatic rings. The molecule has 1 aliphatic heterocycles. The summed E-state index contributed by atoms with van der Waals surface area (Å²) in [5.41, 5.74) is 0. The molecule has 0 aromatic heterocycles. The summed E-state index contributed by atoms with van der Waals surface area (Å²) in [7, 11) is 0. The molecule has 60 valence electrons. The molecule has 3 heteroatoms. The largest absolute Gasteiger partial charge is 0.393 e. The van der Waals surface area contributed by atoms with Gasteiger partial charge < -0.3 is 14.6 Å². The van der Waals surface area contributed by atoms with Crippen molar-refractivity contribution in [2.24, 2.45) is 0 Å². The third-order valence-electron chi connectivity index (χ3n) is 1.43. The Labute approximate surface area is 60.9 Å². The highest BCUT2D eigenvalue weighted by Crippen LogP contribution is 2.09. The van der Waals surface area contributed by atoms with Crippen molar-refractivity contribution in [3.05, 3.63) is 0 Å². The summed E-state index contributed by atoms with van der Waals surface area (Å²) in [5.74, 6) is 0. The first-order valence-electron chi connectivity index (χ1n) is 3.70. The highest BCUT2D eigenvalue weighted by molar-refractivity contribution is 4.55. The van der Waals surface area contributed by atoms with E-state index >= 15 is 0 Å². The van der Waals surface area contributed by atoms with Crippen molar-refractivity contribution in [2.75, 3.05) is 13.2 Å². The molecular weight excluding hydrogens is 132 g/mol. The van der Waals surface area contributed by atoms with Gasteiger partial charge in [-0.1, -0.05) is 0 Å². The van der Waals surface area contributed by atoms with Crippen molar-refractivity contribution in [1.82, 2.24) is 0 Å². The Hall–Kier alpha value is -0.120. The molecule has 1 saturated heterocycles. The van der Waals surface area contributed by atoms with Crippen molar-refractivity contribution in [3.63, 3.8) is 0 Å². The lowest BCUT2D eigenvalue weighted by Crippen LogP contribution is -2.27. The maximum atomic E-state index is 8.94. The number of rotatable bonds is 2. The fraction of sp³-hybridized carbons (Fsp3) is 1.00. The van der Waals surface area contributed by atoms with Crippen LogP contribution in [0.3, 0.4) is 0 Å². The average molecular weight is 146 g/mol. The predicted molar refractivity (Wildman–Crippen MR) is 36.6 cm³/mol. The summed E-state index contributed by atoms with van der Waals surface area (Å²) in [5, 5.41) is 8.94. The molecule has 1 aliphatic rings. The molecule has 0 aliphatic carbocycles. The lowest BCUT2D eigenvalue weighted by molar-refractivity contribution is -0.189. The van der Waals surface area contributed by atoms with Crippen LogP contribution in [0.15, 0.2) is 0 Å².